The van der Waals surface area contributed by atoms with E-state index in [1.54, 1.807) is 11.8 Å². The minimum atomic E-state index is -0.852. The van der Waals surface area contributed by atoms with Crippen molar-refractivity contribution >= 4 is 52.6 Å². The van der Waals surface area contributed by atoms with Crippen molar-refractivity contribution in [1.82, 2.24) is 15.6 Å². The van der Waals surface area contributed by atoms with Gasteiger partial charge in [-0.3, -0.25) is 14.6 Å². The molecule has 0 aliphatic carbocycles. The maximum atomic E-state index is 13.3. The first-order chi connectivity index (χ1) is 16.8. The van der Waals surface area contributed by atoms with Gasteiger partial charge in [-0.1, -0.05) is 38.1 Å². The van der Waals surface area contributed by atoms with Gasteiger partial charge in [-0.2, -0.15) is 12.6 Å². The second kappa shape index (κ2) is 11.5. The molecule has 0 spiro atoms. The lowest BCUT2D eigenvalue weighted by Crippen LogP contribution is -2.51. The van der Waals surface area contributed by atoms with Crippen molar-refractivity contribution in [1.29, 1.82) is 0 Å². The number of aliphatic imine (C=N–C) groups is 1. The van der Waals surface area contributed by atoms with E-state index < -0.39 is 5.54 Å². The van der Waals surface area contributed by atoms with Crippen LogP contribution in [-0.4, -0.2) is 51.9 Å². The molecule has 4 rings (SSSR count). The number of nitrogens with one attached hydrogen (secondary N) is 2. The molecule has 10 heteroatoms. The van der Waals surface area contributed by atoms with Crippen molar-refractivity contribution in [3.63, 3.8) is 0 Å². The Morgan fingerprint density at radius 2 is 2.09 bits per heavy atom. The van der Waals surface area contributed by atoms with Gasteiger partial charge in [-0.25, -0.2) is 4.98 Å². The zero-order chi connectivity index (χ0) is 25.0. The van der Waals surface area contributed by atoms with Crippen molar-refractivity contribution in [2.45, 2.75) is 63.6 Å². The van der Waals surface area contributed by atoms with Crippen LogP contribution in [0.3, 0.4) is 0 Å². The Bertz CT molecular complexity index is 1100. The number of hydrogen-bond donors (Lipinski definition) is 3. The number of benzene rings is 1. The number of carbonyl (C=O) groups is 2. The molecule has 3 heterocycles. The van der Waals surface area contributed by atoms with Gasteiger partial charge < -0.3 is 15.4 Å². The minimum Gasteiger partial charge on any atom is -0.375 e. The third-order valence-corrected chi connectivity index (χ3v) is 8.71. The number of carbonyl (C=O) groups excluding carboxylic acids is 2. The highest BCUT2D eigenvalue weighted by Gasteiger charge is 2.40. The fourth-order valence-electron chi connectivity index (χ4n) is 3.96. The molecule has 0 saturated carbocycles. The summed E-state index contributed by atoms with van der Waals surface area (Å²) in [6.07, 6.45) is 0.491. The van der Waals surface area contributed by atoms with Gasteiger partial charge in [0.15, 0.2) is 0 Å². The van der Waals surface area contributed by atoms with Gasteiger partial charge in [0.05, 0.1) is 31.7 Å². The van der Waals surface area contributed by atoms with Crippen LogP contribution < -0.4 is 10.6 Å². The van der Waals surface area contributed by atoms with Crippen LogP contribution in [0, 0.1) is 5.92 Å². The summed E-state index contributed by atoms with van der Waals surface area (Å²) in [4.78, 5) is 35.5. The first-order valence-corrected chi connectivity index (χ1v) is 14.3. The number of thiazole rings is 1. The van der Waals surface area contributed by atoms with E-state index in [9.17, 15) is 9.59 Å². The Morgan fingerprint density at radius 1 is 1.29 bits per heavy atom. The zero-order valence-corrected chi connectivity index (χ0v) is 22.8. The van der Waals surface area contributed by atoms with Crippen molar-refractivity contribution < 1.29 is 14.3 Å². The highest BCUT2D eigenvalue weighted by Crippen LogP contribution is 2.32. The Hall–Kier alpha value is -1.88. The van der Waals surface area contributed by atoms with E-state index in [1.807, 2.05) is 30.5 Å². The molecule has 7 nitrogen and oxygen atoms in total. The Morgan fingerprint density at radius 3 is 2.86 bits per heavy atom. The van der Waals surface area contributed by atoms with Crippen LogP contribution in [0.25, 0.3) is 0 Å². The Labute approximate surface area is 220 Å². The third-order valence-electron chi connectivity index (χ3n) is 6.22. The molecule has 2 aliphatic rings. The highest BCUT2D eigenvalue weighted by atomic mass is 32.2. The average Bonchev–Trinajstić information content (AvgIpc) is 3.47. The molecular weight excluding hydrogens is 501 g/mol. The van der Waals surface area contributed by atoms with Gasteiger partial charge in [0, 0.05) is 16.9 Å². The standard InChI is InChI=1S/C25H32N4O3S3/c1-15(2)19-11-32-18(8-16-5-4-6-17(7-16)12-33)9-21(30)26-10-22-27-20(13-34-22)23-29-25(3,14-35-23)24(31)28-19/h4-7,13,15,18-19,33H,8-12,14H2,1-3H3,(H,26,30)(H,28,31)/t18-,19-,25+/m1/s1. The zero-order valence-electron chi connectivity index (χ0n) is 20.2. The SMILES string of the molecule is CC(C)[C@H]1CO[C@H](Cc2cccc(CS)c2)CC(=O)NCc2nc(cs2)C2=N[C@@](C)(CS2)C(=O)N1. The number of ether oxygens (including phenoxy) is 1. The van der Waals surface area contributed by atoms with Crippen molar-refractivity contribution in [3.05, 3.63) is 51.5 Å². The molecule has 2 amide bonds. The van der Waals surface area contributed by atoms with Gasteiger partial charge >= 0.3 is 0 Å². The number of nitrogens with zero attached hydrogens (tertiary/aromatic N) is 2. The predicted octanol–water partition coefficient (Wildman–Crippen LogP) is 3.61. The third kappa shape index (κ3) is 6.67. The molecule has 0 radical (unpaired) electrons. The molecule has 2 aromatic rings. The van der Waals surface area contributed by atoms with Crippen LogP contribution in [0.1, 0.15) is 49.0 Å². The van der Waals surface area contributed by atoms with Gasteiger partial charge in [0.1, 0.15) is 21.3 Å². The van der Waals surface area contributed by atoms with Gasteiger partial charge in [0.25, 0.3) is 0 Å². The number of thiol groups is 1. The Balaban J connectivity index is 1.58. The van der Waals surface area contributed by atoms with E-state index in [4.69, 9.17) is 9.73 Å². The molecule has 2 N–H and O–H groups in total. The predicted molar refractivity (Wildman–Crippen MR) is 145 cm³/mol. The molecule has 3 atom stereocenters. The quantitative estimate of drug-likeness (QED) is 0.523. The molecule has 2 aliphatic heterocycles. The topological polar surface area (TPSA) is 92.7 Å². The van der Waals surface area contributed by atoms with Crippen molar-refractivity contribution in [2.24, 2.45) is 10.9 Å². The summed E-state index contributed by atoms with van der Waals surface area (Å²) in [5.74, 6) is 1.17. The highest BCUT2D eigenvalue weighted by molar-refractivity contribution is 8.14. The summed E-state index contributed by atoms with van der Waals surface area (Å²) >= 11 is 7.40. The number of hydrogen-bond acceptors (Lipinski definition) is 8. The van der Waals surface area contributed by atoms with Crippen molar-refractivity contribution in [2.75, 3.05) is 12.4 Å². The van der Waals surface area contributed by atoms with Crippen LogP contribution in [0.4, 0.5) is 0 Å². The van der Waals surface area contributed by atoms with E-state index in [0.29, 0.717) is 31.1 Å². The molecule has 0 fully saturated rings. The number of aromatic nitrogens is 1. The lowest BCUT2D eigenvalue weighted by Gasteiger charge is -2.29. The minimum absolute atomic E-state index is 0.0884. The molecule has 0 saturated heterocycles. The number of thioether (sulfide) groups is 1. The van der Waals surface area contributed by atoms with Crippen LogP contribution >= 0.6 is 35.7 Å². The summed E-state index contributed by atoms with van der Waals surface area (Å²) in [6, 6.07) is 7.98. The molecule has 4 bridgehead atoms. The summed E-state index contributed by atoms with van der Waals surface area (Å²) < 4.78 is 6.31. The van der Waals surface area contributed by atoms with Crippen LogP contribution in [0.15, 0.2) is 34.6 Å². The fraction of sp³-hybridized carbons (Fsp3) is 0.520. The largest absolute Gasteiger partial charge is 0.375 e. The van der Waals surface area contributed by atoms with Gasteiger partial charge in [-0.15, -0.1) is 23.1 Å². The second-order valence-electron chi connectivity index (χ2n) is 9.55. The number of fused-ring (bicyclic) bond motifs is 4. The lowest BCUT2D eigenvalue weighted by atomic mass is 10.00. The molecular formula is C25H32N4O3S3. The van der Waals surface area contributed by atoms with Gasteiger partial charge in [0.2, 0.25) is 11.8 Å². The monoisotopic (exact) mass is 532 g/mol. The molecule has 1 aromatic carbocycles. The van der Waals surface area contributed by atoms with Crippen LogP contribution in [-0.2, 0) is 33.0 Å². The smallest absolute Gasteiger partial charge is 0.248 e. The average molecular weight is 533 g/mol. The van der Waals surface area contributed by atoms with E-state index in [2.05, 4.69) is 48.2 Å². The van der Waals surface area contributed by atoms with Crippen molar-refractivity contribution in [3.8, 4) is 0 Å². The summed E-state index contributed by atoms with van der Waals surface area (Å²) in [5, 5.41) is 9.67. The summed E-state index contributed by atoms with van der Waals surface area (Å²) in [6.45, 7) is 6.66. The molecule has 35 heavy (non-hydrogen) atoms. The normalized spacial score (nSPS) is 25.8. The lowest BCUT2D eigenvalue weighted by molar-refractivity contribution is -0.128. The second-order valence-corrected chi connectivity index (χ2v) is 11.8. The first kappa shape index (κ1) is 26.2. The summed E-state index contributed by atoms with van der Waals surface area (Å²) in [5.41, 5.74) is 2.13. The number of amides is 2. The maximum absolute atomic E-state index is 13.3. The van der Waals surface area contributed by atoms with Crippen LogP contribution in [0.5, 0.6) is 0 Å². The maximum Gasteiger partial charge on any atom is 0.248 e. The van der Waals surface area contributed by atoms with E-state index >= 15 is 0 Å². The Kier molecular flexibility index (Phi) is 8.57. The first-order valence-electron chi connectivity index (χ1n) is 11.8. The fourth-order valence-corrected chi connectivity index (χ4v) is 6.08. The number of rotatable bonds is 4. The van der Waals surface area contributed by atoms with E-state index in [0.717, 1.165) is 26.9 Å². The summed E-state index contributed by atoms with van der Waals surface area (Å²) in [7, 11) is 0. The molecule has 188 valence electrons. The van der Waals surface area contributed by atoms with E-state index in [-0.39, 0.29) is 36.3 Å². The van der Waals surface area contributed by atoms with Gasteiger partial charge in [-0.05, 0) is 30.4 Å². The van der Waals surface area contributed by atoms with E-state index in [1.165, 1.54) is 11.3 Å². The molecule has 1 aromatic heterocycles. The molecule has 0 unspecified atom stereocenters. The van der Waals surface area contributed by atoms with Crippen LogP contribution in [0.2, 0.25) is 0 Å².